The summed E-state index contributed by atoms with van der Waals surface area (Å²) in [5.74, 6) is -0.348. The summed E-state index contributed by atoms with van der Waals surface area (Å²) in [5, 5.41) is 3.00. The van der Waals surface area contributed by atoms with Crippen LogP contribution in [-0.2, 0) is 24.8 Å². The highest BCUT2D eigenvalue weighted by Crippen LogP contribution is 2.19. The number of nitrogens with one attached hydrogen (secondary N) is 2. The van der Waals surface area contributed by atoms with E-state index >= 15 is 0 Å². The Morgan fingerprint density at radius 3 is 2.60 bits per heavy atom. The van der Waals surface area contributed by atoms with Gasteiger partial charge >= 0.3 is 0 Å². The lowest BCUT2D eigenvalue weighted by atomic mass is 10.1. The fraction of sp³-hybridized carbons (Fsp3) is 0.923. The quantitative estimate of drug-likeness (QED) is 0.524. The molecular formula is C13H27ClN4O5S2. The van der Waals surface area contributed by atoms with Crippen LogP contribution in [0.1, 0.15) is 19.8 Å². The molecule has 2 heterocycles. The van der Waals surface area contributed by atoms with Crippen LogP contribution in [-0.4, -0.2) is 88.8 Å². The first-order valence-electron chi connectivity index (χ1n) is 8.20. The summed E-state index contributed by atoms with van der Waals surface area (Å²) >= 11 is 0. The highest BCUT2D eigenvalue weighted by atomic mass is 35.5. The Morgan fingerprint density at radius 2 is 1.96 bits per heavy atom. The molecule has 0 bridgehead atoms. The first-order valence-corrected chi connectivity index (χ1v) is 11.5. The Labute approximate surface area is 156 Å². The van der Waals surface area contributed by atoms with Crippen molar-refractivity contribution in [2.45, 2.75) is 25.8 Å². The number of carbonyl (C=O) groups is 1. The molecular weight excluding hydrogens is 392 g/mol. The van der Waals surface area contributed by atoms with Crippen LogP contribution in [0.15, 0.2) is 0 Å². The molecule has 25 heavy (non-hydrogen) atoms. The number of hydrogen-bond acceptors (Lipinski definition) is 6. The van der Waals surface area contributed by atoms with E-state index in [-0.39, 0.29) is 49.0 Å². The second-order valence-corrected chi connectivity index (χ2v) is 10.2. The molecule has 12 heteroatoms. The predicted molar refractivity (Wildman–Crippen MR) is 97.7 cm³/mol. The van der Waals surface area contributed by atoms with E-state index < -0.39 is 20.0 Å². The molecule has 2 aliphatic rings. The van der Waals surface area contributed by atoms with Gasteiger partial charge in [-0.25, -0.2) is 21.6 Å². The zero-order valence-electron chi connectivity index (χ0n) is 14.3. The molecule has 2 saturated heterocycles. The molecule has 1 unspecified atom stereocenters. The zero-order chi connectivity index (χ0) is 17.8. The van der Waals surface area contributed by atoms with Crippen molar-refractivity contribution in [2.24, 2.45) is 0 Å². The number of rotatable bonds is 7. The molecule has 148 valence electrons. The average molecular weight is 419 g/mol. The average Bonchev–Trinajstić information content (AvgIpc) is 2.55. The maximum Gasteiger partial charge on any atom is 0.236 e. The summed E-state index contributed by atoms with van der Waals surface area (Å²) in [6, 6.07) is -0.101. The molecule has 2 rings (SSSR count). The molecule has 1 amide bonds. The zero-order valence-corrected chi connectivity index (χ0v) is 16.8. The van der Waals surface area contributed by atoms with Crippen molar-refractivity contribution in [1.29, 1.82) is 0 Å². The lowest BCUT2D eigenvalue weighted by Crippen LogP contribution is -2.57. The van der Waals surface area contributed by atoms with Gasteiger partial charge in [-0.2, -0.15) is 4.31 Å². The molecule has 0 spiro atoms. The van der Waals surface area contributed by atoms with Gasteiger partial charge in [-0.15, -0.1) is 12.4 Å². The SMILES string of the molecule is CCS(=O)(=O)NCCS(=O)(=O)N1CCCC(N2CCNCC2=O)C1.Cl. The van der Waals surface area contributed by atoms with E-state index in [9.17, 15) is 21.6 Å². The van der Waals surface area contributed by atoms with Gasteiger partial charge in [0.2, 0.25) is 26.0 Å². The van der Waals surface area contributed by atoms with Gasteiger partial charge in [0, 0.05) is 38.8 Å². The third-order valence-corrected chi connectivity index (χ3v) is 7.62. The van der Waals surface area contributed by atoms with Crippen molar-refractivity contribution >= 4 is 38.4 Å². The molecule has 2 fully saturated rings. The van der Waals surface area contributed by atoms with Crippen molar-refractivity contribution in [3.05, 3.63) is 0 Å². The lowest BCUT2D eigenvalue weighted by Gasteiger charge is -2.40. The first-order chi connectivity index (χ1) is 11.2. The lowest BCUT2D eigenvalue weighted by molar-refractivity contribution is -0.135. The molecule has 9 nitrogen and oxygen atoms in total. The Balaban J connectivity index is 0.00000312. The van der Waals surface area contributed by atoms with E-state index in [1.807, 2.05) is 0 Å². The maximum atomic E-state index is 12.4. The monoisotopic (exact) mass is 418 g/mol. The second kappa shape index (κ2) is 9.47. The molecule has 0 aromatic carbocycles. The third kappa shape index (κ3) is 6.33. The molecule has 2 N–H and O–H groups in total. The minimum Gasteiger partial charge on any atom is -0.336 e. The van der Waals surface area contributed by atoms with Crippen LogP contribution < -0.4 is 10.0 Å². The van der Waals surface area contributed by atoms with E-state index in [2.05, 4.69) is 10.0 Å². The summed E-state index contributed by atoms with van der Waals surface area (Å²) < 4.78 is 51.3. The highest BCUT2D eigenvalue weighted by molar-refractivity contribution is 7.90. The van der Waals surface area contributed by atoms with Crippen molar-refractivity contribution in [2.75, 3.05) is 50.8 Å². The first kappa shape index (κ1) is 22.6. The Morgan fingerprint density at radius 1 is 1.24 bits per heavy atom. The van der Waals surface area contributed by atoms with Crippen molar-refractivity contribution in [3.8, 4) is 0 Å². The maximum absolute atomic E-state index is 12.4. The second-order valence-electron chi connectivity index (χ2n) is 6.03. The van der Waals surface area contributed by atoms with E-state index in [0.29, 0.717) is 32.6 Å². The normalized spacial score (nSPS) is 23.3. The van der Waals surface area contributed by atoms with Crippen LogP contribution in [0.3, 0.4) is 0 Å². The van der Waals surface area contributed by atoms with Gasteiger partial charge in [-0.3, -0.25) is 4.79 Å². The number of piperazine rings is 1. The molecule has 0 aromatic rings. The highest BCUT2D eigenvalue weighted by Gasteiger charge is 2.34. The standard InChI is InChI=1S/C13H26N4O5S2.ClH/c1-2-23(19,20)15-6-9-24(21,22)16-7-3-4-12(11-16)17-8-5-14-10-13(17)18;/h12,14-15H,2-11H2,1H3;1H. The minimum atomic E-state index is -3.55. The molecule has 0 aliphatic carbocycles. The van der Waals surface area contributed by atoms with Crippen LogP contribution in [0, 0.1) is 0 Å². The van der Waals surface area contributed by atoms with Crippen LogP contribution >= 0.6 is 12.4 Å². The van der Waals surface area contributed by atoms with Crippen LogP contribution in [0.5, 0.6) is 0 Å². The number of sulfonamides is 2. The van der Waals surface area contributed by atoms with Gasteiger partial charge < -0.3 is 10.2 Å². The molecule has 2 aliphatic heterocycles. The number of piperidine rings is 1. The summed E-state index contributed by atoms with van der Waals surface area (Å²) in [6.07, 6.45) is 1.49. The Bertz CT molecular complexity index is 655. The van der Waals surface area contributed by atoms with E-state index in [0.717, 1.165) is 6.42 Å². The predicted octanol–water partition coefficient (Wildman–Crippen LogP) is -1.43. The third-order valence-electron chi connectivity index (χ3n) is 4.38. The van der Waals surface area contributed by atoms with Crippen molar-refractivity contribution in [1.82, 2.24) is 19.2 Å². The fourth-order valence-corrected chi connectivity index (χ4v) is 5.16. The van der Waals surface area contributed by atoms with Crippen molar-refractivity contribution in [3.63, 3.8) is 0 Å². The summed E-state index contributed by atoms with van der Waals surface area (Å²) in [6.45, 7) is 3.67. The summed E-state index contributed by atoms with van der Waals surface area (Å²) in [4.78, 5) is 13.7. The van der Waals surface area contributed by atoms with Gasteiger partial charge in [-0.05, 0) is 19.8 Å². The number of halogens is 1. The van der Waals surface area contributed by atoms with E-state index in [4.69, 9.17) is 0 Å². The molecule has 0 saturated carbocycles. The largest absolute Gasteiger partial charge is 0.336 e. The molecule has 0 radical (unpaired) electrons. The number of amides is 1. The van der Waals surface area contributed by atoms with Gasteiger partial charge in [0.25, 0.3) is 0 Å². The van der Waals surface area contributed by atoms with Crippen LogP contribution in [0.25, 0.3) is 0 Å². The topological polar surface area (TPSA) is 116 Å². The minimum absolute atomic E-state index is 0. The van der Waals surface area contributed by atoms with E-state index in [1.165, 1.54) is 11.2 Å². The van der Waals surface area contributed by atoms with Crippen LogP contribution in [0.4, 0.5) is 0 Å². The van der Waals surface area contributed by atoms with Gasteiger partial charge in [0.1, 0.15) is 0 Å². The number of carbonyl (C=O) groups excluding carboxylic acids is 1. The van der Waals surface area contributed by atoms with E-state index in [1.54, 1.807) is 4.90 Å². The van der Waals surface area contributed by atoms with Gasteiger partial charge in [0.15, 0.2) is 0 Å². The fourth-order valence-electron chi connectivity index (χ4n) is 2.99. The number of hydrogen-bond donors (Lipinski definition) is 2. The van der Waals surface area contributed by atoms with Crippen LogP contribution in [0.2, 0.25) is 0 Å². The Kier molecular flexibility index (Phi) is 8.55. The van der Waals surface area contributed by atoms with Gasteiger partial charge in [0.05, 0.1) is 18.1 Å². The summed E-state index contributed by atoms with van der Waals surface area (Å²) in [5.41, 5.74) is 0. The van der Waals surface area contributed by atoms with Crippen molar-refractivity contribution < 1.29 is 21.6 Å². The van der Waals surface area contributed by atoms with Gasteiger partial charge in [-0.1, -0.05) is 0 Å². The smallest absolute Gasteiger partial charge is 0.236 e. The number of nitrogens with zero attached hydrogens (tertiary/aromatic N) is 2. The molecule has 1 atom stereocenters. The molecule has 0 aromatic heterocycles. The Hall–Kier alpha value is -0.460. The summed E-state index contributed by atoms with van der Waals surface area (Å²) in [7, 11) is -6.95.